The number of fused-ring (bicyclic) bond motifs is 2. The highest BCUT2D eigenvalue weighted by Crippen LogP contribution is 2.31. The highest BCUT2D eigenvalue weighted by atomic mass is 16.7. The molecule has 0 radical (unpaired) electrons. The van der Waals surface area contributed by atoms with Crippen LogP contribution in [0, 0.1) is 0 Å². The summed E-state index contributed by atoms with van der Waals surface area (Å²) in [6, 6.07) is 1.92. The lowest BCUT2D eigenvalue weighted by molar-refractivity contribution is -0.187. The zero-order valence-electron chi connectivity index (χ0n) is 15.9. The van der Waals surface area contributed by atoms with Crippen molar-refractivity contribution in [1.82, 2.24) is 19.4 Å². The number of hydrogen-bond donors (Lipinski definition) is 0. The van der Waals surface area contributed by atoms with Crippen LogP contribution in [0.2, 0.25) is 0 Å². The molecule has 148 valence electrons. The molecule has 28 heavy (non-hydrogen) atoms. The predicted molar refractivity (Wildman–Crippen MR) is 101 cm³/mol. The van der Waals surface area contributed by atoms with E-state index >= 15 is 0 Å². The van der Waals surface area contributed by atoms with E-state index in [0.717, 1.165) is 36.9 Å². The van der Waals surface area contributed by atoms with Gasteiger partial charge in [-0.1, -0.05) is 0 Å². The van der Waals surface area contributed by atoms with Gasteiger partial charge >= 0.3 is 0 Å². The van der Waals surface area contributed by atoms with Crippen LogP contribution in [0.25, 0.3) is 11.0 Å². The lowest BCUT2D eigenvalue weighted by Crippen LogP contribution is -2.48. The van der Waals surface area contributed by atoms with Crippen molar-refractivity contribution in [2.75, 3.05) is 26.3 Å². The van der Waals surface area contributed by atoms with Crippen molar-refractivity contribution in [3.8, 4) is 0 Å². The van der Waals surface area contributed by atoms with Gasteiger partial charge in [0.15, 0.2) is 11.4 Å². The van der Waals surface area contributed by atoms with Gasteiger partial charge in [-0.25, -0.2) is 9.97 Å². The van der Waals surface area contributed by atoms with Gasteiger partial charge in [-0.05, 0) is 37.3 Å². The molecule has 1 amide bonds. The van der Waals surface area contributed by atoms with E-state index in [-0.39, 0.29) is 18.0 Å². The monoisotopic (exact) mass is 384 g/mol. The molecule has 2 aliphatic heterocycles. The topological polar surface area (TPSA) is 86.5 Å². The number of pyridine rings is 1. The Bertz CT molecular complexity index is 970. The maximum absolute atomic E-state index is 12.9. The highest BCUT2D eigenvalue weighted by Gasteiger charge is 2.40. The standard InChI is InChI=1S/C20H24N4O4/c25-17(23-7-5-20(6-8-23)27-9-10-28-20)12-24-13-21-18-15(19(24)26)11-14-3-1-2-4-16(14)22-18/h11,13H,1-10,12H2. The van der Waals surface area contributed by atoms with Crippen LogP contribution in [0.5, 0.6) is 0 Å². The number of carbonyl (C=O) groups excluding carboxylic acids is 1. The van der Waals surface area contributed by atoms with Gasteiger partial charge in [0, 0.05) is 31.6 Å². The van der Waals surface area contributed by atoms with Gasteiger partial charge < -0.3 is 14.4 Å². The van der Waals surface area contributed by atoms with Crippen molar-refractivity contribution >= 4 is 16.9 Å². The lowest BCUT2D eigenvalue weighted by atomic mass is 9.95. The summed E-state index contributed by atoms with van der Waals surface area (Å²) in [5.74, 6) is -0.592. The Morgan fingerprint density at radius 3 is 2.68 bits per heavy atom. The number of piperidine rings is 1. The maximum atomic E-state index is 12.9. The molecule has 8 nitrogen and oxygen atoms in total. The smallest absolute Gasteiger partial charge is 0.263 e. The molecule has 2 aromatic rings. The molecule has 0 unspecified atom stereocenters. The largest absolute Gasteiger partial charge is 0.347 e. The zero-order valence-corrected chi connectivity index (χ0v) is 15.9. The van der Waals surface area contributed by atoms with Crippen LogP contribution in [0.1, 0.15) is 36.9 Å². The van der Waals surface area contributed by atoms with Crippen LogP contribution in [-0.2, 0) is 33.7 Å². The third-order valence-corrected chi connectivity index (χ3v) is 6.09. The molecule has 0 saturated carbocycles. The molecule has 3 aliphatic rings. The summed E-state index contributed by atoms with van der Waals surface area (Å²) in [6.07, 6.45) is 6.92. The van der Waals surface area contributed by atoms with E-state index < -0.39 is 5.79 Å². The Labute approximate surface area is 162 Å². The molecule has 8 heteroatoms. The zero-order chi connectivity index (χ0) is 19.1. The minimum absolute atomic E-state index is 0.00638. The van der Waals surface area contributed by atoms with Crippen molar-refractivity contribution < 1.29 is 14.3 Å². The second-order valence-corrected chi connectivity index (χ2v) is 7.84. The number of aromatic nitrogens is 3. The van der Waals surface area contributed by atoms with Crippen molar-refractivity contribution in [1.29, 1.82) is 0 Å². The fraction of sp³-hybridized carbons (Fsp3) is 0.600. The van der Waals surface area contributed by atoms with E-state index in [4.69, 9.17) is 9.47 Å². The number of hydrogen-bond acceptors (Lipinski definition) is 6. The van der Waals surface area contributed by atoms with E-state index in [9.17, 15) is 9.59 Å². The van der Waals surface area contributed by atoms with Gasteiger partial charge in [-0.2, -0.15) is 0 Å². The number of aryl methyl sites for hydroxylation is 2. The maximum Gasteiger partial charge on any atom is 0.263 e. The number of carbonyl (C=O) groups is 1. The molecule has 0 atom stereocenters. The first kappa shape index (κ1) is 17.8. The first-order chi connectivity index (χ1) is 13.6. The van der Waals surface area contributed by atoms with Crippen LogP contribution in [0.15, 0.2) is 17.2 Å². The van der Waals surface area contributed by atoms with Crippen LogP contribution < -0.4 is 5.56 Å². The fourth-order valence-corrected chi connectivity index (χ4v) is 4.45. The van der Waals surface area contributed by atoms with Crippen LogP contribution in [0.4, 0.5) is 0 Å². The van der Waals surface area contributed by atoms with E-state index in [1.165, 1.54) is 10.9 Å². The third-order valence-electron chi connectivity index (χ3n) is 6.09. The summed E-state index contributed by atoms with van der Waals surface area (Å²) in [4.78, 5) is 36.3. The van der Waals surface area contributed by atoms with Crippen molar-refractivity contribution in [2.24, 2.45) is 0 Å². The molecule has 2 aromatic heterocycles. The minimum atomic E-state index is -0.511. The fourth-order valence-electron chi connectivity index (χ4n) is 4.45. The first-order valence-electron chi connectivity index (χ1n) is 10.1. The summed E-state index contributed by atoms with van der Waals surface area (Å²) in [5, 5.41) is 0.501. The second-order valence-electron chi connectivity index (χ2n) is 7.84. The van der Waals surface area contributed by atoms with Gasteiger partial charge in [0.25, 0.3) is 5.56 Å². The Morgan fingerprint density at radius 2 is 1.89 bits per heavy atom. The van der Waals surface area contributed by atoms with Gasteiger partial charge in [0.2, 0.25) is 5.91 Å². The van der Waals surface area contributed by atoms with Gasteiger partial charge in [-0.3, -0.25) is 14.2 Å². The summed E-state index contributed by atoms with van der Waals surface area (Å²) < 4.78 is 12.8. The van der Waals surface area contributed by atoms with E-state index in [2.05, 4.69) is 9.97 Å². The van der Waals surface area contributed by atoms with Crippen molar-refractivity contribution in [2.45, 2.75) is 50.9 Å². The number of ether oxygens (including phenoxy) is 2. The molecule has 5 rings (SSSR count). The number of rotatable bonds is 2. The Kier molecular flexibility index (Phi) is 4.40. The molecular weight excluding hydrogens is 360 g/mol. The highest BCUT2D eigenvalue weighted by molar-refractivity contribution is 5.78. The number of nitrogens with zero attached hydrogens (tertiary/aromatic N) is 4. The molecule has 0 N–H and O–H groups in total. The molecule has 1 aliphatic carbocycles. The summed E-state index contributed by atoms with van der Waals surface area (Å²) >= 11 is 0. The normalized spacial score (nSPS) is 21.2. The Morgan fingerprint density at radius 1 is 1.14 bits per heavy atom. The van der Waals surface area contributed by atoms with Crippen molar-refractivity contribution in [3.63, 3.8) is 0 Å². The average molecular weight is 384 g/mol. The van der Waals surface area contributed by atoms with Crippen molar-refractivity contribution in [3.05, 3.63) is 34.0 Å². The molecule has 4 heterocycles. The van der Waals surface area contributed by atoms with Gasteiger partial charge in [0.05, 0.1) is 18.6 Å². The summed E-state index contributed by atoms with van der Waals surface area (Å²) in [6.45, 7) is 2.37. The Hall–Kier alpha value is -2.32. The Balaban J connectivity index is 1.34. The van der Waals surface area contributed by atoms with E-state index in [0.29, 0.717) is 50.2 Å². The number of amides is 1. The van der Waals surface area contributed by atoms with Crippen LogP contribution >= 0.6 is 0 Å². The molecule has 2 fully saturated rings. The summed E-state index contributed by atoms with van der Waals surface area (Å²) in [7, 11) is 0. The molecule has 0 bridgehead atoms. The van der Waals surface area contributed by atoms with E-state index in [1.54, 1.807) is 4.90 Å². The predicted octanol–water partition coefficient (Wildman–Crippen LogP) is 1.04. The number of likely N-dealkylation sites (tertiary alicyclic amines) is 1. The lowest BCUT2D eigenvalue weighted by Gasteiger charge is -2.37. The summed E-state index contributed by atoms with van der Waals surface area (Å²) in [5.41, 5.74) is 2.47. The van der Waals surface area contributed by atoms with Crippen LogP contribution in [-0.4, -0.2) is 57.4 Å². The second kappa shape index (κ2) is 6.93. The quantitative estimate of drug-likeness (QED) is 0.769. The van der Waals surface area contributed by atoms with E-state index in [1.807, 2.05) is 6.07 Å². The third kappa shape index (κ3) is 3.10. The molecule has 1 spiro atoms. The average Bonchev–Trinajstić information content (AvgIpc) is 3.17. The SMILES string of the molecule is O=C(Cn1cnc2nc3c(cc2c1=O)CCCC3)N1CCC2(CC1)OCCO2. The molecule has 0 aromatic carbocycles. The van der Waals surface area contributed by atoms with Crippen LogP contribution in [0.3, 0.4) is 0 Å². The molecular formula is C20H24N4O4. The molecule has 2 saturated heterocycles. The first-order valence-corrected chi connectivity index (χ1v) is 10.1. The van der Waals surface area contributed by atoms with Gasteiger partial charge in [-0.15, -0.1) is 0 Å². The van der Waals surface area contributed by atoms with Gasteiger partial charge in [0.1, 0.15) is 12.9 Å². The minimum Gasteiger partial charge on any atom is -0.347 e.